The number of nitrogens with one attached hydrogen (secondary N) is 1. The summed E-state index contributed by atoms with van der Waals surface area (Å²) in [5.74, 6) is 6.09. The molecule has 5 heteroatoms. The highest BCUT2D eigenvalue weighted by molar-refractivity contribution is 5.77. The van der Waals surface area contributed by atoms with Crippen LogP contribution >= 0.6 is 0 Å². The number of carbonyl (C=O) groups is 1. The van der Waals surface area contributed by atoms with Gasteiger partial charge in [0.25, 0.3) is 5.91 Å². The van der Waals surface area contributed by atoms with E-state index >= 15 is 0 Å². The van der Waals surface area contributed by atoms with Gasteiger partial charge in [0.2, 0.25) is 0 Å². The van der Waals surface area contributed by atoms with Crippen molar-refractivity contribution in [3.63, 3.8) is 0 Å². The molecule has 1 N–H and O–H groups in total. The molecule has 0 heterocycles. The Hall–Kier alpha value is -3.00. The second-order valence-corrected chi connectivity index (χ2v) is 4.52. The first-order chi connectivity index (χ1) is 11.2. The average Bonchev–Trinajstić information content (AvgIpc) is 2.58. The standard InChI is InChI=1S/C18H16FNO3/c1-22-16-6-2-3-7-17(16)23-13-18(21)20-12-4-5-14-8-10-15(19)11-9-14/h2-3,6-11H,12-13H2,1H3,(H,20,21). The second-order valence-electron chi connectivity index (χ2n) is 4.52. The lowest BCUT2D eigenvalue weighted by Crippen LogP contribution is -2.29. The Morgan fingerprint density at radius 2 is 1.83 bits per heavy atom. The van der Waals surface area contributed by atoms with Gasteiger partial charge in [-0.2, -0.15) is 0 Å². The average molecular weight is 313 g/mol. The number of rotatable bonds is 5. The molecule has 1 amide bonds. The van der Waals surface area contributed by atoms with E-state index in [1.54, 1.807) is 30.3 Å². The van der Waals surface area contributed by atoms with E-state index in [9.17, 15) is 9.18 Å². The molecule has 0 aliphatic rings. The molecular weight excluding hydrogens is 297 g/mol. The van der Waals surface area contributed by atoms with Crippen LogP contribution in [0.25, 0.3) is 0 Å². The van der Waals surface area contributed by atoms with Crippen molar-refractivity contribution in [1.82, 2.24) is 5.32 Å². The summed E-state index contributed by atoms with van der Waals surface area (Å²) in [7, 11) is 1.54. The number of methoxy groups -OCH3 is 1. The van der Waals surface area contributed by atoms with Crippen LogP contribution in [0.15, 0.2) is 48.5 Å². The van der Waals surface area contributed by atoms with Crippen molar-refractivity contribution < 1.29 is 18.7 Å². The second kappa shape index (κ2) is 8.44. The summed E-state index contributed by atoms with van der Waals surface area (Å²) in [5, 5.41) is 2.62. The molecule has 4 nitrogen and oxygen atoms in total. The van der Waals surface area contributed by atoms with E-state index in [1.165, 1.54) is 19.2 Å². The quantitative estimate of drug-likeness (QED) is 0.862. The van der Waals surface area contributed by atoms with E-state index in [1.807, 2.05) is 6.07 Å². The lowest BCUT2D eigenvalue weighted by atomic mass is 10.2. The molecule has 2 rings (SSSR count). The van der Waals surface area contributed by atoms with Gasteiger partial charge in [0.15, 0.2) is 18.1 Å². The Morgan fingerprint density at radius 3 is 2.52 bits per heavy atom. The van der Waals surface area contributed by atoms with Gasteiger partial charge in [0.1, 0.15) is 5.82 Å². The molecule has 0 atom stereocenters. The smallest absolute Gasteiger partial charge is 0.258 e. The number of amides is 1. The number of hydrogen-bond acceptors (Lipinski definition) is 3. The molecule has 0 aliphatic carbocycles. The van der Waals surface area contributed by atoms with Gasteiger partial charge >= 0.3 is 0 Å². The Morgan fingerprint density at radius 1 is 1.13 bits per heavy atom. The molecule has 0 saturated heterocycles. The number of benzene rings is 2. The van der Waals surface area contributed by atoms with Gasteiger partial charge in [0.05, 0.1) is 13.7 Å². The molecule has 0 spiro atoms. The van der Waals surface area contributed by atoms with Gasteiger partial charge in [-0.25, -0.2) is 4.39 Å². The Bertz CT molecular complexity index is 717. The van der Waals surface area contributed by atoms with Crippen LogP contribution in [-0.2, 0) is 4.79 Å². The molecule has 23 heavy (non-hydrogen) atoms. The first-order valence-corrected chi connectivity index (χ1v) is 6.96. The van der Waals surface area contributed by atoms with Gasteiger partial charge in [-0.3, -0.25) is 4.79 Å². The number of ether oxygens (including phenoxy) is 2. The van der Waals surface area contributed by atoms with Crippen molar-refractivity contribution in [2.45, 2.75) is 0 Å². The van der Waals surface area contributed by atoms with E-state index in [-0.39, 0.29) is 24.9 Å². The van der Waals surface area contributed by atoms with E-state index in [0.29, 0.717) is 17.1 Å². The van der Waals surface area contributed by atoms with Gasteiger partial charge < -0.3 is 14.8 Å². The maximum Gasteiger partial charge on any atom is 0.258 e. The Kier molecular flexibility index (Phi) is 6.01. The highest BCUT2D eigenvalue weighted by atomic mass is 19.1. The topological polar surface area (TPSA) is 47.6 Å². The van der Waals surface area contributed by atoms with Gasteiger partial charge in [-0.15, -0.1) is 0 Å². The summed E-state index contributed by atoms with van der Waals surface area (Å²) in [6.07, 6.45) is 0. The molecule has 2 aromatic rings. The number of para-hydroxylation sites is 2. The van der Waals surface area contributed by atoms with E-state index in [0.717, 1.165) is 0 Å². The maximum absolute atomic E-state index is 12.7. The Labute approximate surface area is 134 Å². The third-order valence-corrected chi connectivity index (χ3v) is 2.88. The zero-order valence-corrected chi connectivity index (χ0v) is 12.6. The van der Waals surface area contributed by atoms with Crippen LogP contribution in [0.5, 0.6) is 11.5 Å². The molecule has 2 aromatic carbocycles. The largest absolute Gasteiger partial charge is 0.493 e. The summed E-state index contributed by atoms with van der Waals surface area (Å²) in [6.45, 7) is 0.0596. The minimum absolute atomic E-state index is 0.126. The van der Waals surface area contributed by atoms with E-state index in [2.05, 4.69) is 17.2 Å². The molecule has 0 bridgehead atoms. The van der Waals surface area contributed by atoms with Crippen molar-refractivity contribution >= 4 is 5.91 Å². The van der Waals surface area contributed by atoms with Crippen molar-refractivity contribution in [3.8, 4) is 23.3 Å². The third-order valence-electron chi connectivity index (χ3n) is 2.88. The van der Waals surface area contributed by atoms with Crippen LogP contribution < -0.4 is 14.8 Å². The summed E-state index contributed by atoms with van der Waals surface area (Å²) < 4.78 is 23.3. The molecule has 0 saturated carbocycles. The number of halogens is 1. The van der Waals surface area contributed by atoms with E-state index in [4.69, 9.17) is 9.47 Å². The van der Waals surface area contributed by atoms with Gasteiger partial charge in [-0.1, -0.05) is 24.0 Å². The summed E-state index contributed by atoms with van der Waals surface area (Å²) in [5.41, 5.74) is 0.686. The van der Waals surface area contributed by atoms with Gasteiger partial charge in [-0.05, 0) is 36.4 Å². The van der Waals surface area contributed by atoms with Crippen molar-refractivity contribution in [3.05, 3.63) is 59.9 Å². The molecule has 0 fully saturated rings. The van der Waals surface area contributed by atoms with Crippen LogP contribution in [0.1, 0.15) is 5.56 Å². The highest BCUT2D eigenvalue weighted by Crippen LogP contribution is 2.25. The lowest BCUT2D eigenvalue weighted by Gasteiger charge is -2.09. The van der Waals surface area contributed by atoms with Crippen LogP contribution in [-0.4, -0.2) is 26.2 Å². The first kappa shape index (κ1) is 16.4. The predicted octanol–water partition coefficient (Wildman–Crippen LogP) is 2.38. The van der Waals surface area contributed by atoms with Crippen molar-refractivity contribution in [1.29, 1.82) is 0 Å². The van der Waals surface area contributed by atoms with Crippen LogP contribution in [0, 0.1) is 17.7 Å². The lowest BCUT2D eigenvalue weighted by molar-refractivity contribution is -0.122. The molecular formula is C18H16FNO3. The van der Waals surface area contributed by atoms with Crippen molar-refractivity contribution in [2.24, 2.45) is 0 Å². The molecule has 0 aliphatic heterocycles. The fourth-order valence-electron chi connectivity index (χ4n) is 1.75. The van der Waals surface area contributed by atoms with E-state index < -0.39 is 0 Å². The fraction of sp³-hybridized carbons (Fsp3) is 0.167. The predicted molar refractivity (Wildman–Crippen MR) is 84.8 cm³/mol. The summed E-state index contributed by atoms with van der Waals surface area (Å²) >= 11 is 0. The highest BCUT2D eigenvalue weighted by Gasteiger charge is 2.05. The zero-order chi connectivity index (χ0) is 16.5. The molecule has 0 radical (unpaired) electrons. The number of hydrogen-bond donors (Lipinski definition) is 1. The van der Waals surface area contributed by atoms with Crippen LogP contribution in [0.2, 0.25) is 0 Å². The zero-order valence-electron chi connectivity index (χ0n) is 12.6. The minimum Gasteiger partial charge on any atom is -0.493 e. The maximum atomic E-state index is 12.7. The third kappa shape index (κ3) is 5.36. The minimum atomic E-state index is -0.308. The summed E-state index contributed by atoms with van der Waals surface area (Å²) in [6, 6.07) is 12.9. The number of carbonyl (C=O) groups excluding carboxylic acids is 1. The monoisotopic (exact) mass is 313 g/mol. The summed E-state index contributed by atoms with van der Waals surface area (Å²) in [4.78, 5) is 11.7. The first-order valence-electron chi connectivity index (χ1n) is 6.96. The fourth-order valence-corrected chi connectivity index (χ4v) is 1.75. The normalized spacial score (nSPS) is 9.48. The van der Waals surface area contributed by atoms with Crippen LogP contribution in [0.4, 0.5) is 4.39 Å². The molecule has 0 unspecified atom stereocenters. The van der Waals surface area contributed by atoms with Crippen LogP contribution in [0.3, 0.4) is 0 Å². The molecule has 0 aromatic heterocycles. The SMILES string of the molecule is COc1ccccc1OCC(=O)NCC#Cc1ccc(F)cc1. The van der Waals surface area contributed by atoms with Gasteiger partial charge in [0, 0.05) is 5.56 Å². The Balaban J connectivity index is 1.76. The van der Waals surface area contributed by atoms with Crippen molar-refractivity contribution in [2.75, 3.05) is 20.3 Å². The molecule has 118 valence electrons.